The number of piperazine rings is 1. The highest BCUT2D eigenvalue weighted by Crippen LogP contribution is 2.37. The molecule has 64 heavy (non-hydrogen) atoms. The van der Waals surface area contributed by atoms with E-state index in [1.807, 2.05) is 41.6 Å². The highest BCUT2D eigenvalue weighted by molar-refractivity contribution is 6.23. The second-order valence-electron chi connectivity index (χ2n) is 17.6. The van der Waals surface area contributed by atoms with Crippen molar-refractivity contribution in [3.8, 4) is 0 Å². The van der Waals surface area contributed by atoms with Crippen LogP contribution in [0.5, 0.6) is 0 Å². The standard InChI is InChI=1S/C47H50FN11O5/c48-37-25-35-36(47(64)59(46(35)63)38-10-11-40(60)54-45(38)62)26-39(37)57-16-13-29(14-17-57)12-15-55-18-20-56(21-19-55)33-8-6-31(7-9-33)53-43-42-44(50-27-49-43)58(28-51-42)34-23-32(24-34)52-41(61)22-30-4-2-1-3-5-30/h1-9,25-29,32,34,38H,10-24H2,(H,52,61)(H,49,50,53)(H,54,60,62)/t32?,34?,38-/m0/s1. The molecule has 0 radical (unpaired) electrons. The van der Waals surface area contributed by atoms with Gasteiger partial charge in [-0.15, -0.1) is 0 Å². The number of rotatable bonds is 12. The van der Waals surface area contributed by atoms with Crippen molar-refractivity contribution >= 4 is 63.6 Å². The highest BCUT2D eigenvalue weighted by Gasteiger charge is 2.45. The van der Waals surface area contributed by atoms with Crippen LogP contribution in [0.3, 0.4) is 0 Å². The number of imide groups is 2. The Morgan fingerprint density at radius 3 is 2.28 bits per heavy atom. The molecule has 5 amide bonds. The number of nitrogens with one attached hydrogen (secondary N) is 3. The molecular weight excluding hydrogens is 818 g/mol. The molecule has 3 saturated heterocycles. The van der Waals surface area contributed by atoms with E-state index in [1.54, 1.807) is 6.33 Å². The molecule has 3 aromatic carbocycles. The van der Waals surface area contributed by atoms with E-state index in [-0.39, 0.29) is 42.0 Å². The van der Waals surface area contributed by atoms with Crippen LogP contribution in [0.4, 0.5) is 27.3 Å². The number of carbonyl (C=O) groups is 5. The fraction of sp³-hybridized carbons (Fsp3) is 0.404. The van der Waals surface area contributed by atoms with E-state index in [0.29, 0.717) is 42.5 Å². The Morgan fingerprint density at radius 1 is 0.812 bits per heavy atom. The summed E-state index contributed by atoms with van der Waals surface area (Å²) in [5, 5.41) is 8.79. The summed E-state index contributed by atoms with van der Waals surface area (Å²) in [7, 11) is 0. The number of aromatic nitrogens is 4. The van der Waals surface area contributed by atoms with Crippen molar-refractivity contribution < 1.29 is 28.4 Å². The monoisotopic (exact) mass is 867 g/mol. The number of halogens is 1. The van der Waals surface area contributed by atoms with Gasteiger partial charge in [-0.1, -0.05) is 30.3 Å². The van der Waals surface area contributed by atoms with E-state index in [4.69, 9.17) is 0 Å². The van der Waals surface area contributed by atoms with Crippen LogP contribution < -0.4 is 25.8 Å². The highest BCUT2D eigenvalue weighted by atomic mass is 19.1. The number of anilines is 4. The van der Waals surface area contributed by atoms with Crippen molar-refractivity contribution in [3.63, 3.8) is 0 Å². The van der Waals surface area contributed by atoms with Crippen LogP contribution in [0.25, 0.3) is 11.2 Å². The lowest BCUT2D eigenvalue weighted by molar-refractivity contribution is -0.136. The molecule has 5 aliphatic rings. The molecule has 1 aliphatic carbocycles. The molecule has 4 aliphatic heterocycles. The molecule has 6 heterocycles. The van der Waals surface area contributed by atoms with Gasteiger partial charge in [-0.3, -0.25) is 39.1 Å². The summed E-state index contributed by atoms with van der Waals surface area (Å²) in [4.78, 5) is 84.6. The zero-order valence-electron chi connectivity index (χ0n) is 35.4. The third-order valence-corrected chi connectivity index (χ3v) is 13.6. The van der Waals surface area contributed by atoms with Gasteiger partial charge in [0.1, 0.15) is 18.2 Å². The van der Waals surface area contributed by atoms with Crippen LogP contribution in [-0.2, 0) is 20.8 Å². The summed E-state index contributed by atoms with van der Waals surface area (Å²) < 4.78 is 17.5. The lowest BCUT2D eigenvalue weighted by Gasteiger charge is -2.38. The molecular formula is C47H50FN11O5. The molecule has 5 aromatic rings. The molecule has 16 nitrogen and oxygen atoms in total. The van der Waals surface area contributed by atoms with Crippen LogP contribution in [0.1, 0.15) is 77.3 Å². The molecule has 1 saturated carbocycles. The van der Waals surface area contributed by atoms with E-state index < -0.39 is 35.5 Å². The molecule has 2 aromatic heterocycles. The number of hydrogen-bond acceptors (Lipinski definition) is 12. The Labute approximate surface area is 369 Å². The minimum Gasteiger partial charge on any atom is -0.369 e. The first-order valence-corrected chi connectivity index (χ1v) is 22.3. The molecule has 10 rings (SSSR count). The van der Waals surface area contributed by atoms with E-state index in [1.165, 1.54) is 11.8 Å². The fourth-order valence-corrected chi connectivity index (χ4v) is 9.87. The first-order chi connectivity index (χ1) is 31.1. The second kappa shape index (κ2) is 17.4. The minimum atomic E-state index is -1.09. The molecule has 0 spiro atoms. The zero-order valence-corrected chi connectivity index (χ0v) is 35.4. The Morgan fingerprint density at radius 2 is 1.55 bits per heavy atom. The summed E-state index contributed by atoms with van der Waals surface area (Å²) in [5.41, 5.74) is 4.89. The Hall–Kier alpha value is -6.75. The van der Waals surface area contributed by atoms with E-state index >= 15 is 4.39 Å². The fourth-order valence-electron chi connectivity index (χ4n) is 9.87. The SMILES string of the molecule is O=C1CC[C@H](N2C(=O)c3cc(F)c(N4CCC(CCN5CCN(c6ccc(Nc7ncnc8c7ncn8C7CC(NC(=O)Cc8ccccc8)C7)cc6)CC5)CC4)cc3C2=O)C(=O)N1. The van der Waals surface area contributed by atoms with Gasteiger partial charge in [0.25, 0.3) is 11.8 Å². The lowest BCUT2D eigenvalue weighted by Crippen LogP contribution is -2.54. The number of benzene rings is 3. The summed E-state index contributed by atoms with van der Waals surface area (Å²) in [6.45, 7) is 6.06. The van der Waals surface area contributed by atoms with Gasteiger partial charge in [-0.25, -0.2) is 19.3 Å². The van der Waals surface area contributed by atoms with Crippen LogP contribution in [0, 0.1) is 11.7 Å². The van der Waals surface area contributed by atoms with E-state index in [2.05, 4.69) is 69.5 Å². The Balaban J connectivity index is 0.665. The zero-order chi connectivity index (χ0) is 43.9. The second-order valence-corrected chi connectivity index (χ2v) is 17.6. The van der Waals surface area contributed by atoms with Gasteiger partial charge in [-0.05, 0) is 92.9 Å². The van der Waals surface area contributed by atoms with Crippen molar-refractivity contribution in [3.05, 3.63) is 102 Å². The van der Waals surface area contributed by atoms with E-state index in [9.17, 15) is 24.0 Å². The van der Waals surface area contributed by atoms with Gasteiger partial charge in [0, 0.05) is 69.1 Å². The Kier molecular flexibility index (Phi) is 11.2. The number of imidazole rings is 1. The van der Waals surface area contributed by atoms with Crippen molar-refractivity contribution in [1.82, 2.24) is 40.0 Å². The molecule has 4 fully saturated rings. The third kappa shape index (κ3) is 8.27. The van der Waals surface area contributed by atoms with Gasteiger partial charge in [0.15, 0.2) is 17.0 Å². The molecule has 330 valence electrons. The van der Waals surface area contributed by atoms with Crippen LogP contribution in [0.2, 0.25) is 0 Å². The van der Waals surface area contributed by atoms with Crippen molar-refractivity contribution in [2.24, 2.45) is 5.92 Å². The maximum atomic E-state index is 15.5. The van der Waals surface area contributed by atoms with Crippen molar-refractivity contribution in [2.45, 2.75) is 69.5 Å². The molecule has 1 atom stereocenters. The van der Waals surface area contributed by atoms with Gasteiger partial charge >= 0.3 is 0 Å². The third-order valence-electron chi connectivity index (χ3n) is 13.6. The predicted octanol–water partition coefficient (Wildman–Crippen LogP) is 4.60. The smallest absolute Gasteiger partial charge is 0.262 e. The van der Waals surface area contributed by atoms with Crippen LogP contribution in [0.15, 0.2) is 79.4 Å². The average molecular weight is 868 g/mol. The van der Waals surface area contributed by atoms with Gasteiger partial charge in [0.05, 0.1) is 29.6 Å². The quantitative estimate of drug-likeness (QED) is 0.149. The normalized spacial score (nSPS) is 21.8. The van der Waals surface area contributed by atoms with Gasteiger partial charge in [0.2, 0.25) is 17.7 Å². The first kappa shape index (κ1) is 41.3. The summed E-state index contributed by atoms with van der Waals surface area (Å²) in [5.74, 6) is -1.86. The summed E-state index contributed by atoms with van der Waals surface area (Å²) >= 11 is 0. The first-order valence-electron chi connectivity index (χ1n) is 22.3. The Bertz CT molecular complexity index is 2600. The largest absolute Gasteiger partial charge is 0.369 e. The number of hydrogen-bond donors (Lipinski definition) is 3. The number of nitrogens with zero attached hydrogens (tertiary/aromatic N) is 8. The molecule has 3 N–H and O–H groups in total. The number of carbonyl (C=O) groups excluding carboxylic acids is 5. The van der Waals surface area contributed by atoms with E-state index in [0.717, 1.165) is 92.7 Å². The predicted molar refractivity (Wildman–Crippen MR) is 237 cm³/mol. The summed E-state index contributed by atoms with van der Waals surface area (Å²) in [6, 6.07) is 20.0. The topological polar surface area (TPSA) is 178 Å². The van der Waals surface area contributed by atoms with Crippen LogP contribution >= 0.6 is 0 Å². The maximum Gasteiger partial charge on any atom is 0.262 e. The average Bonchev–Trinajstić information content (AvgIpc) is 3.82. The van der Waals surface area contributed by atoms with Gasteiger partial charge < -0.3 is 25.0 Å². The van der Waals surface area contributed by atoms with Crippen molar-refractivity contribution in [1.29, 1.82) is 0 Å². The maximum absolute atomic E-state index is 15.5. The molecule has 0 bridgehead atoms. The minimum absolute atomic E-state index is 0.0252. The number of fused-ring (bicyclic) bond motifs is 2. The number of piperidine rings is 2. The van der Waals surface area contributed by atoms with Crippen molar-refractivity contribution in [2.75, 3.05) is 60.9 Å². The molecule has 17 heteroatoms. The summed E-state index contributed by atoms with van der Waals surface area (Å²) in [6.07, 6.45) is 8.33. The van der Waals surface area contributed by atoms with Crippen LogP contribution in [-0.4, -0.2) is 117 Å². The lowest BCUT2D eigenvalue weighted by atomic mass is 9.86. The van der Waals surface area contributed by atoms with Gasteiger partial charge in [-0.2, -0.15) is 0 Å². The number of amides is 5. The molecule has 0 unspecified atom stereocenters.